The Kier molecular flexibility index (Phi) is 4.83. The fourth-order valence-electron chi connectivity index (χ4n) is 3.92. The molecule has 1 atom stereocenters. The largest absolute Gasteiger partial charge is 0.497 e. The monoisotopic (exact) mass is 415 g/mol. The highest BCUT2D eigenvalue weighted by Gasteiger charge is 2.24. The van der Waals surface area contributed by atoms with Crippen LogP contribution in [-0.2, 0) is 11.3 Å². The zero-order valence-electron chi connectivity index (χ0n) is 17.2. The number of imidazole rings is 1. The van der Waals surface area contributed by atoms with E-state index in [0.717, 1.165) is 33.7 Å². The number of hydrogen-bond acceptors (Lipinski definition) is 6. The minimum atomic E-state index is -0.222. The fraction of sp³-hybridized carbons (Fsp3) is 0.217. The molecule has 4 aromatic rings. The highest BCUT2D eigenvalue weighted by atomic mass is 16.5. The summed E-state index contributed by atoms with van der Waals surface area (Å²) in [5, 5.41) is 2.94. The number of hydrogen-bond donors (Lipinski definition) is 1. The van der Waals surface area contributed by atoms with Crippen LogP contribution in [0.1, 0.15) is 29.1 Å². The lowest BCUT2D eigenvalue weighted by Crippen LogP contribution is -2.21. The minimum Gasteiger partial charge on any atom is -0.497 e. The third kappa shape index (κ3) is 3.51. The number of carbonyl (C=O) groups is 1. The van der Waals surface area contributed by atoms with E-state index < -0.39 is 0 Å². The molecule has 31 heavy (non-hydrogen) atoms. The molecule has 0 saturated carbocycles. The molecule has 0 unspecified atom stereocenters. The van der Waals surface area contributed by atoms with Gasteiger partial charge in [-0.3, -0.25) is 4.79 Å². The molecule has 0 bridgehead atoms. The summed E-state index contributed by atoms with van der Waals surface area (Å²) in [5.74, 6) is 1.35. The van der Waals surface area contributed by atoms with Crippen LogP contribution < -0.4 is 10.1 Å². The van der Waals surface area contributed by atoms with Gasteiger partial charge in [0, 0.05) is 34.8 Å². The van der Waals surface area contributed by atoms with Crippen molar-refractivity contribution in [2.24, 2.45) is 0 Å². The smallest absolute Gasteiger partial charge is 0.255 e. The van der Waals surface area contributed by atoms with Gasteiger partial charge in [-0.1, -0.05) is 0 Å². The SMILES string of the molecule is COc1ccc(NC(=O)c2cc(-c3cncnc3)c3c(c2)nc2n3[C@H](C)COC2)cc1. The topological polar surface area (TPSA) is 91.2 Å². The molecular weight excluding hydrogens is 394 g/mol. The number of ether oxygens (including phenoxy) is 2. The molecule has 8 heteroatoms. The van der Waals surface area contributed by atoms with E-state index in [-0.39, 0.29) is 11.9 Å². The Morgan fingerprint density at radius 2 is 1.97 bits per heavy atom. The van der Waals surface area contributed by atoms with Gasteiger partial charge < -0.3 is 19.4 Å². The third-order valence-corrected chi connectivity index (χ3v) is 5.37. The second kappa shape index (κ2) is 7.81. The predicted octanol–water partition coefficient (Wildman–Crippen LogP) is 3.85. The maximum Gasteiger partial charge on any atom is 0.255 e. The van der Waals surface area contributed by atoms with Crippen LogP contribution >= 0.6 is 0 Å². The highest BCUT2D eigenvalue weighted by molar-refractivity contribution is 6.08. The fourth-order valence-corrected chi connectivity index (χ4v) is 3.92. The maximum absolute atomic E-state index is 13.1. The van der Waals surface area contributed by atoms with Crippen molar-refractivity contribution in [3.63, 3.8) is 0 Å². The Morgan fingerprint density at radius 3 is 2.71 bits per heavy atom. The van der Waals surface area contributed by atoms with E-state index in [1.807, 2.05) is 12.1 Å². The van der Waals surface area contributed by atoms with E-state index in [9.17, 15) is 4.79 Å². The molecule has 0 spiro atoms. The number of aromatic nitrogens is 4. The van der Waals surface area contributed by atoms with Crippen LogP contribution in [0.25, 0.3) is 22.2 Å². The number of benzene rings is 2. The van der Waals surface area contributed by atoms with E-state index >= 15 is 0 Å². The Hall–Kier alpha value is -3.78. The molecule has 1 aliphatic heterocycles. The van der Waals surface area contributed by atoms with Crippen molar-refractivity contribution in [2.75, 3.05) is 19.0 Å². The molecule has 1 N–H and O–H groups in total. The van der Waals surface area contributed by atoms with Gasteiger partial charge in [-0.25, -0.2) is 15.0 Å². The van der Waals surface area contributed by atoms with Crippen LogP contribution in [0.4, 0.5) is 5.69 Å². The summed E-state index contributed by atoms with van der Waals surface area (Å²) in [6.07, 6.45) is 4.98. The lowest BCUT2D eigenvalue weighted by Gasteiger charge is -2.23. The van der Waals surface area contributed by atoms with Crippen molar-refractivity contribution in [2.45, 2.75) is 19.6 Å². The molecule has 2 aromatic carbocycles. The van der Waals surface area contributed by atoms with Gasteiger partial charge in [0.05, 0.1) is 30.8 Å². The Bertz CT molecular complexity index is 1250. The molecule has 2 aromatic heterocycles. The van der Waals surface area contributed by atoms with Crippen molar-refractivity contribution in [1.29, 1.82) is 0 Å². The first kappa shape index (κ1) is 19.2. The second-order valence-corrected chi connectivity index (χ2v) is 7.46. The number of fused-ring (bicyclic) bond motifs is 3. The molecule has 5 rings (SSSR count). The molecular formula is C23H21N5O3. The first-order valence-corrected chi connectivity index (χ1v) is 9.97. The van der Waals surface area contributed by atoms with Crippen molar-refractivity contribution < 1.29 is 14.3 Å². The molecule has 1 amide bonds. The zero-order valence-corrected chi connectivity index (χ0v) is 17.2. The number of nitrogens with zero attached hydrogens (tertiary/aromatic N) is 4. The highest BCUT2D eigenvalue weighted by Crippen LogP contribution is 2.34. The molecule has 3 heterocycles. The number of rotatable bonds is 4. The van der Waals surface area contributed by atoms with Gasteiger partial charge >= 0.3 is 0 Å². The van der Waals surface area contributed by atoms with Crippen LogP contribution in [-0.4, -0.2) is 39.1 Å². The Balaban J connectivity index is 1.61. The van der Waals surface area contributed by atoms with Gasteiger partial charge in [0.15, 0.2) is 0 Å². The molecule has 156 valence electrons. The summed E-state index contributed by atoms with van der Waals surface area (Å²) in [5.41, 5.74) is 4.58. The van der Waals surface area contributed by atoms with E-state index in [2.05, 4.69) is 26.8 Å². The predicted molar refractivity (Wildman–Crippen MR) is 116 cm³/mol. The quantitative estimate of drug-likeness (QED) is 0.544. The maximum atomic E-state index is 13.1. The summed E-state index contributed by atoms with van der Waals surface area (Å²) in [6, 6.07) is 11.0. The van der Waals surface area contributed by atoms with Gasteiger partial charge in [-0.15, -0.1) is 0 Å². The normalized spacial score (nSPS) is 15.5. The summed E-state index contributed by atoms with van der Waals surface area (Å²) < 4.78 is 13.0. The molecule has 0 aliphatic carbocycles. The first-order valence-electron chi connectivity index (χ1n) is 9.97. The molecule has 0 radical (unpaired) electrons. The van der Waals surface area contributed by atoms with Crippen LogP contribution in [0, 0.1) is 0 Å². The Morgan fingerprint density at radius 1 is 1.19 bits per heavy atom. The number of nitrogens with one attached hydrogen (secondary N) is 1. The molecule has 8 nitrogen and oxygen atoms in total. The summed E-state index contributed by atoms with van der Waals surface area (Å²) in [6.45, 7) is 3.15. The van der Waals surface area contributed by atoms with Gasteiger partial charge in [0.1, 0.15) is 24.5 Å². The molecule has 0 fully saturated rings. The van der Waals surface area contributed by atoms with Crippen LogP contribution in [0.2, 0.25) is 0 Å². The van der Waals surface area contributed by atoms with E-state index in [1.165, 1.54) is 6.33 Å². The van der Waals surface area contributed by atoms with Crippen LogP contribution in [0.5, 0.6) is 5.75 Å². The summed E-state index contributed by atoms with van der Waals surface area (Å²) in [4.78, 5) is 26.2. The van der Waals surface area contributed by atoms with E-state index in [4.69, 9.17) is 14.5 Å². The summed E-state index contributed by atoms with van der Waals surface area (Å²) >= 11 is 0. The number of anilines is 1. The van der Waals surface area contributed by atoms with Crippen molar-refractivity contribution in [1.82, 2.24) is 19.5 Å². The average molecular weight is 415 g/mol. The van der Waals surface area contributed by atoms with Gasteiger partial charge in [-0.05, 0) is 43.3 Å². The lowest BCUT2D eigenvalue weighted by atomic mass is 10.0. The van der Waals surface area contributed by atoms with E-state index in [0.29, 0.717) is 24.5 Å². The van der Waals surface area contributed by atoms with Crippen LogP contribution in [0.15, 0.2) is 55.1 Å². The number of methoxy groups -OCH3 is 1. The summed E-state index contributed by atoms with van der Waals surface area (Å²) in [7, 11) is 1.61. The van der Waals surface area contributed by atoms with Crippen molar-refractivity contribution >= 4 is 22.6 Å². The number of carbonyl (C=O) groups excluding carboxylic acids is 1. The minimum absolute atomic E-state index is 0.135. The van der Waals surface area contributed by atoms with Gasteiger partial charge in [0.25, 0.3) is 5.91 Å². The van der Waals surface area contributed by atoms with Crippen LogP contribution in [0.3, 0.4) is 0 Å². The van der Waals surface area contributed by atoms with Gasteiger partial charge in [-0.2, -0.15) is 0 Å². The van der Waals surface area contributed by atoms with Gasteiger partial charge in [0.2, 0.25) is 0 Å². The Labute approximate surface area is 178 Å². The first-order chi connectivity index (χ1) is 15.1. The second-order valence-electron chi connectivity index (χ2n) is 7.46. The molecule has 1 aliphatic rings. The molecule has 0 saturated heterocycles. The standard InChI is InChI=1S/C23H21N5O3/c1-14-11-31-12-21-27-20-8-15(23(29)26-17-3-5-18(30-2)6-4-17)7-19(22(20)28(14)21)16-9-24-13-25-10-16/h3-10,13-14H,11-12H2,1-2H3,(H,26,29)/t14-/m1/s1. The zero-order chi connectivity index (χ0) is 21.4. The van der Waals surface area contributed by atoms with Crippen molar-refractivity contribution in [3.8, 4) is 16.9 Å². The lowest BCUT2D eigenvalue weighted by molar-refractivity contribution is 0.0621. The van der Waals surface area contributed by atoms with Crippen molar-refractivity contribution in [3.05, 3.63) is 66.5 Å². The third-order valence-electron chi connectivity index (χ3n) is 5.37. The van der Waals surface area contributed by atoms with E-state index in [1.54, 1.807) is 43.8 Å². The average Bonchev–Trinajstić information content (AvgIpc) is 3.19. The number of amides is 1.